The lowest BCUT2D eigenvalue weighted by Crippen LogP contribution is -2.04. The van der Waals surface area contributed by atoms with Crippen LogP contribution in [0.2, 0.25) is 5.15 Å². The molecular weight excluding hydrogens is 374 g/mol. The van der Waals surface area contributed by atoms with Crippen LogP contribution in [0.4, 0.5) is 0 Å². The summed E-state index contributed by atoms with van der Waals surface area (Å²) in [4.78, 5) is 1.49. The molecule has 138 valence electrons. The van der Waals surface area contributed by atoms with Crippen LogP contribution in [0.25, 0.3) is 17.1 Å². The molecule has 0 fully saturated rings. The maximum absolute atomic E-state index is 8.88. The molecular formula is C20H16ClN7. The third-order valence-electron chi connectivity index (χ3n) is 4.26. The topological polar surface area (TPSA) is 85.2 Å². The molecule has 2 heterocycles. The normalized spacial score (nSPS) is 10.8. The van der Waals surface area contributed by atoms with Crippen molar-refractivity contribution in [2.24, 2.45) is 0 Å². The van der Waals surface area contributed by atoms with Crippen molar-refractivity contribution < 1.29 is 0 Å². The summed E-state index contributed by atoms with van der Waals surface area (Å²) in [5, 5.41) is 26.3. The molecule has 0 aliphatic carbocycles. The van der Waals surface area contributed by atoms with Crippen molar-refractivity contribution in [3.63, 3.8) is 0 Å². The van der Waals surface area contributed by atoms with Gasteiger partial charge in [0.1, 0.15) is 5.15 Å². The van der Waals surface area contributed by atoms with E-state index in [1.807, 2.05) is 38.1 Å². The van der Waals surface area contributed by atoms with Crippen LogP contribution < -0.4 is 0 Å². The summed E-state index contributed by atoms with van der Waals surface area (Å²) >= 11 is 6.55. The van der Waals surface area contributed by atoms with E-state index in [1.54, 1.807) is 23.0 Å². The van der Waals surface area contributed by atoms with Gasteiger partial charge in [-0.3, -0.25) is 0 Å². The van der Waals surface area contributed by atoms with Crippen LogP contribution in [-0.4, -0.2) is 30.0 Å². The Morgan fingerprint density at radius 2 is 1.79 bits per heavy atom. The number of tetrazole rings is 1. The minimum Gasteiger partial charge on any atom is -0.221 e. The number of rotatable bonds is 4. The number of nitrogens with zero attached hydrogens (tertiary/aromatic N) is 7. The van der Waals surface area contributed by atoms with Gasteiger partial charge in [-0.1, -0.05) is 29.8 Å². The van der Waals surface area contributed by atoms with Crippen LogP contribution in [-0.2, 0) is 6.54 Å². The van der Waals surface area contributed by atoms with Crippen LogP contribution in [0.1, 0.15) is 22.3 Å². The van der Waals surface area contributed by atoms with Crippen LogP contribution in [0.5, 0.6) is 0 Å². The van der Waals surface area contributed by atoms with Gasteiger partial charge in [0.25, 0.3) is 0 Å². The monoisotopic (exact) mass is 389 g/mol. The Kier molecular flexibility index (Phi) is 4.63. The molecule has 8 heteroatoms. The average Bonchev–Trinajstić information content (AvgIpc) is 3.28. The van der Waals surface area contributed by atoms with Gasteiger partial charge >= 0.3 is 0 Å². The Morgan fingerprint density at radius 1 is 1.07 bits per heavy atom. The van der Waals surface area contributed by atoms with Crippen molar-refractivity contribution in [3.8, 4) is 23.1 Å². The number of halogens is 1. The van der Waals surface area contributed by atoms with E-state index in [-0.39, 0.29) is 0 Å². The number of hydrogen-bond acceptors (Lipinski definition) is 5. The Balaban J connectivity index is 1.60. The zero-order valence-corrected chi connectivity index (χ0v) is 16.1. The number of nitriles is 1. The third kappa shape index (κ3) is 3.50. The Hall–Kier alpha value is -3.50. The molecule has 4 aromatic rings. The van der Waals surface area contributed by atoms with Crippen LogP contribution in [0, 0.1) is 25.2 Å². The summed E-state index contributed by atoms with van der Waals surface area (Å²) < 4.78 is 1.66. The number of hydrogen-bond donors (Lipinski definition) is 0. The molecule has 4 rings (SSSR count). The lowest BCUT2D eigenvalue weighted by Gasteiger charge is -2.06. The van der Waals surface area contributed by atoms with Gasteiger partial charge in [-0.2, -0.15) is 15.2 Å². The molecule has 28 heavy (non-hydrogen) atoms. The summed E-state index contributed by atoms with van der Waals surface area (Å²) in [5.74, 6) is 0.411. The highest BCUT2D eigenvalue weighted by molar-refractivity contribution is 6.32. The van der Waals surface area contributed by atoms with E-state index in [2.05, 4.69) is 32.6 Å². The molecule has 0 saturated carbocycles. The lowest BCUT2D eigenvalue weighted by atomic mass is 10.1. The van der Waals surface area contributed by atoms with Gasteiger partial charge in [0.2, 0.25) is 5.82 Å². The van der Waals surface area contributed by atoms with Crippen molar-refractivity contribution >= 4 is 11.6 Å². The SMILES string of the molecule is Cc1cc(C)cc(-n2ncc(-c3nnn(Cc4ccc(C#N)cc4)n3)c2Cl)c1. The van der Waals surface area contributed by atoms with E-state index < -0.39 is 0 Å². The quantitative estimate of drug-likeness (QED) is 0.531. The van der Waals surface area contributed by atoms with E-state index in [0.717, 1.165) is 22.4 Å². The molecule has 0 radical (unpaired) electrons. The van der Waals surface area contributed by atoms with Gasteiger partial charge < -0.3 is 0 Å². The van der Waals surface area contributed by atoms with Gasteiger partial charge in [0.05, 0.1) is 35.6 Å². The largest absolute Gasteiger partial charge is 0.221 e. The first-order chi connectivity index (χ1) is 13.5. The van der Waals surface area contributed by atoms with E-state index >= 15 is 0 Å². The molecule has 0 bridgehead atoms. The Bertz CT molecular complexity index is 1160. The summed E-state index contributed by atoms with van der Waals surface area (Å²) in [6.07, 6.45) is 1.64. The van der Waals surface area contributed by atoms with E-state index in [0.29, 0.717) is 28.6 Å². The molecule has 2 aromatic heterocycles. The van der Waals surface area contributed by atoms with Gasteiger partial charge in [-0.15, -0.1) is 10.2 Å². The fraction of sp³-hybridized carbons (Fsp3) is 0.150. The maximum atomic E-state index is 8.88. The second-order valence-corrected chi connectivity index (χ2v) is 6.92. The standard InChI is InChI=1S/C20H16ClN7/c1-13-7-14(2)9-17(8-13)28-19(21)18(11-23-28)20-24-26-27(25-20)12-16-5-3-15(10-22)4-6-16/h3-9,11H,12H2,1-2H3. The molecule has 0 unspecified atom stereocenters. The first-order valence-electron chi connectivity index (χ1n) is 8.63. The van der Waals surface area contributed by atoms with E-state index in [4.69, 9.17) is 16.9 Å². The highest BCUT2D eigenvalue weighted by atomic mass is 35.5. The van der Waals surface area contributed by atoms with Crippen molar-refractivity contribution in [3.05, 3.63) is 76.1 Å². The summed E-state index contributed by atoms with van der Waals surface area (Å²) in [5.41, 5.74) is 5.36. The predicted octanol–water partition coefficient (Wildman–Crippen LogP) is 3.72. The van der Waals surface area contributed by atoms with Crippen molar-refractivity contribution in [1.82, 2.24) is 30.0 Å². The highest BCUT2D eigenvalue weighted by Crippen LogP contribution is 2.27. The lowest BCUT2D eigenvalue weighted by molar-refractivity contribution is 0.573. The van der Waals surface area contributed by atoms with Crippen molar-refractivity contribution in [2.75, 3.05) is 0 Å². The zero-order chi connectivity index (χ0) is 19.7. The van der Waals surface area contributed by atoms with Gasteiger partial charge in [-0.05, 0) is 60.0 Å². The second kappa shape index (κ2) is 7.25. The molecule has 0 saturated heterocycles. The first kappa shape index (κ1) is 17.9. The Labute approximate surface area is 166 Å². The molecule has 0 aliphatic heterocycles. The van der Waals surface area contributed by atoms with E-state index in [9.17, 15) is 0 Å². The zero-order valence-electron chi connectivity index (χ0n) is 15.3. The molecule has 0 aliphatic rings. The molecule has 0 atom stereocenters. The fourth-order valence-corrected chi connectivity index (χ4v) is 3.28. The molecule has 0 amide bonds. The molecule has 7 nitrogen and oxygen atoms in total. The minimum absolute atomic E-state index is 0.411. The Morgan fingerprint density at radius 3 is 2.46 bits per heavy atom. The number of benzene rings is 2. The molecule has 2 aromatic carbocycles. The molecule has 0 spiro atoms. The summed E-state index contributed by atoms with van der Waals surface area (Å²) in [6.45, 7) is 4.51. The number of aryl methyl sites for hydroxylation is 2. The van der Waals surface area contributed by atoms with Crippen LogP contribution in [0.3, 0.4) is 0 Å². The summed E-state index contributed by atoms with van der Waals surface area (Å²) in [6, 6.07) is 15.5. The third-order valence-corrected chi connectivity index (χ3v) is 4.63. The molecule has 0 N–H and O–H groups in total. The van der Waals surface area contributed by atoms with Crippen LogP contribution >= 0.6 is 11.6 Å². The maximum Gasteiger partial charge on any atom is 0.209 e. The minimum atomic E-state index is 0.411. The fourth-order valence-electron chi connectivity index (χ4n) is 3.00. The van der Waals surface area contributed by atoms with Gasteiger partial charge in [0.15, 0.2) is 0 Å². The van der Waals surface area contributed by atoms with E-state index in [1.165, 1.54) is 4.80 Å². The second-order valence-electron chi connectivity index (χ2n) is 6.56. The average molecular weight is 390 g/mol. The van der Waals surface area contributed by atoms with Crippen LogP contribution in [0.15, 0.2) is 48.7 Å². The smallest absolute Gasteiger partial charge is 0.209 e. The summed E-state index contributed by atoms with van der Waals surface area (Å²) in [7, 11) is 0. The first-order valence-corrected chi connectivity index (χ1v) is 9.01. The van der Waals surface area contributed by atoms with Crippen molar-refractivity contribution in [1.29, 1.82) is 5.26 Å². The van der Waals surface area contributed by atoms with Gasteiger partial charge in [-0.25, -0.2) is 4.68 Å². The predicted molar refractivity (Wildman–Crippen MR) is 105 cm³/mol. The van der Waals surface area contributed by atoms with Gasteiger partial charge in [0, 0.05) is 0 Å². The van der Waals surface area contributed by atoms with Crippen molar-refractivity contribution in [2.45, 2.75) is 20.4 Å². The number of aromatic nitrogens is 6. The highest BCUT2D eigenvalue weighted by Gasteiger charge is 2.17.